The van der Waals surface area contributed by atoms with E-state index in [0.717, 1.165) is 43.6 Å². The zero-order valence-corrected chi connectivity index (χ0v) is 13.3. The molecule has 1 aromatic rings. The van der Waals surface area contributed by atoms with Gasteiger partial charge in [0.1, 0.15) is 5.75 Å². The molecule has 1 aliphatic rings. The number of likely N-dealkylation sites (tertiary alicyclic amines) is 1. The first-order valence-electron chi connectivity index (χ1n) is 6.85. The fourth-order valence-corrected chi connectivity index (χ4v) is 2.54. The van der Waals surface area contributed by atoms with Crippen LogP contribution in [0.5, 0.6) is 5.75 Å². The number of amides is 1. The summed E-state index contributed by atoms with van der Waals surface area (Å²) in [5.41, 5.74) is 0.714. The van der Waals surface area contributed by atoms with Gasteiger partial charge < -0.3 is 14.4 Å². The molecule has 0 spiro atoms. The van der Waals surface area contributed by atoms with Crippen molar-refractivity contribution in [3.05, 3.63) is 29.8 Å². The number of alkyl halides is 1. The largest absolute Gasteiger partial charge is 0.497 e. The first kappa shape index (κ1) is 15.3. The van der Waals surface area contributed by atoms with Crippen molar-refractivity contribution in [2.45, 2.75) is 18.9 Å². The molecule has 0 aromatic heterocycles. The summed E-state index contributed by atoms with van der Waals surface area (Å²) in [7, 11) is 1.62. The number of hydrogen-bond donors (Lipinski definition) is 0. The van der Waals surface area contributed by atoms with Crippen LogP contribution in [0.15, 0.2) is 24.3 Å². The molecular weight excluding hydrogens is 322 g/mol. The van der Waals surface area contributed by atoms with Gasteiger partial charge in [-0.05, 0) is 37.1 Å². The van der Waals surface area contributed by atoms with Crippen LogP contribution in [0.25, 0.3) is 0 Å². The van der Waals surface area contributed by atoms with Gasteiger partial charge in [-0.3, -0.25) is 4.79 Å². The Bertz CT molecular complexity index is 427. The summed E-state index contributed by atoms with van der Waals surface area (Å²) in [6, 6.07) is 7.27. The highest BCUT2D eigenvalue weighted by Gasteiger charge is 2.23. The van der Waals surface area contributed by atoms with Crippen LogP contribution in [0, 0.1) is 0 Å². The van der Waals surface area contributed by atoms with E-state index in [1.807, 2.05) is 29.2 Å². The van der Waals surface area contributed by atoms with E-state index in [4.69, 9.17) is 9.47 Å². The summed E-state index contributed by atoms with van der Waals surface area (Å²) in [4.78, 5) is 14.3. The Labute approximate surface area is 128 Å². The molecule has 0 unspecified atom stereocenters. The van der Waals surface area contributed by atoms with Gasteiger partial charge in [-0.1, -0.05) is 15.9 Å². The van der Waals surface area contributed by atoms with Gasteiger partial charge in [0.15, 0.2) is 0 Å². The molecule has 0 atom stereocenters. The number of carbonyl (C=O) groups excluding carboxylic acids is 1. The van der Waals surface area contributed by atoms with Gasteiger partial charge in [-0.2, -0.15) is 0 Å². The fraction of sp³-hybridized carbons (Fsp3) is 0.533. The maximum Gasteiger partial charge on any atom is 0.253 e. The lowest BCUT2D eigenvalue weighted by atomic mass is 10.1. The number of methoxy groups -OCH3 is 1. The highest BCUT2D eigenvalue weighted by Crippen LogP contribution is 2.18. The maximum atomic E-state index is 12.4. The number of halogens is 1. The smallest absolute Gasteiger partial charge is 0.253 e. The minimum atomic E-state index is 0.0894. The van der Waals surface area contributed by atoms with Gasteiger partial charge in [0.25, 0.3) is 5.91 Å². The normalized spacial score (nSPS) is 16.2. The number of benzene rings is 1. The molecule has 1 aliphatic heterocycles. The lowest BCUT2D eigenvalue weighted by molar-refractivity contribution is 0.0160. The molecule has 1 heterocycles. The van der Waals surface area contributed by atoms with Gasteiger partial charge in [0.05, 0.1) is 19.8 Å². The number of rotatable bonds is 5. The van der Waals surface area contributed by atoms with Gasteiger partial charge in [0.2, 0.25) is 0 Å². The summed E-state index contributed by atoms with van der Waals surface area (Å²) in [5.74, 6) is 0.857. The van der Waals surface area contributed by atoms with Crippen molar-refractivity contribution in [3.63, 3.8) is 0 Å². The van der Waals surface area contributed by atoms with E-state index in [0.29, 0.717) is 5.56 Å². The minimum Gasteiger partial charge on any atom is -0.497 e. The van der Waals surface area contributed by atoms with E-state index in [1.165, 1.54) is 0 Å². The van der Waals surface area contributed by atoms with Crippen molar-refractivity contribution in [2.24, 2.45) is 0 Å². The van der Waals surface area contributed by atoms with Gasteiger partial charge in [-0.15, -0.1) is 0 Å². The highest BCUT2D eigenvalue weighted by atomic mass is 79.9. The summed E-state index contributed by atoms with van der Waals surface area (Å²) in [5, 5.41) is 0.859. The SMILES string of the molecule is COc1ccc(C(=O)N2CCC(OCCBr)CC2)cc1. The summed E-state index contributed by atoms with van der Waals surface area (Å²) >= 11 is 3.35. The Balaban J connectivity index is 1.87. The molecule has 0 bridgehead atoms. The molecule has 1 saturated heterocycles. The number of ether oxygens (including phenoxy) is 2. The number of nitrogens with zero attached hydrogens (tertiary/aromatic N) is 1. The second-order valence-electron chi connectivity index (χ2n) is 4.78. The molecule has 20 heavy (non-hydrogen) atoms. The Morgan fingerprint density at radius 3 is 2.50 bits per heavy atom. The molecule has 4 nitrogen and oxygen atoms in total. The third-order valence-corrected chi connectivity index (χ3v) is 3.82. The molecule has 0 saturated carbocycles. The van der Waals surface area contributed by atoms with Crippen LogP contribution in [0.2, 0.25) is 0 Å². The van der Waals surface area contributed by atoms with E-state index < -0.39 is 0 Å². The molecule has 2 rings (SSSR count). The quantitative estimate of drug-likeness (QED) is 0.773. The first-order chi connectivity index (χ1) is 9.74. The predicted molar refractivity (Wildman–Crippen MR) is 81.7 cm³/mol. The van der Waals surface area contributed by atoms with Crippen molar-refractivity contribution in [1.82, 2.24) is 4.90 Å². The molecule has 1 fully saturated rings. The Morgan fingerprint density at radius 2 is 1.95 bits per heavy atom. The Morgan fingerprint density at radius 1 is 1.30 bits per heavy atom. The zero-order chi connectivity index (χ0) is 14.4. The first-order valence-corrected chi connectivity index (χ1v) is 7.97. The molecule has 0 N–H and O–H groups in total. The lowest BCUT2D eigenvalue weighted by Gasteiger charge is -2.32. The van der Waals surface area contributed by atoms with Gasteiger partial charge in [-0.25, -0.2) is 0 Å². The van der Waals surface area contributed by atoms with Crippen LogP contribution in [0.4, 0.5) is 0 Å². The van der Waals surface area contributed by atoms with Crippen LogP contribution >= 0.6 is 15.9 Å². The zero-order valence-electron chi connectivity index (χ0n) is 11.7. The molecule has 0 radical (unpaired) electrons. The van der Waals surface area contributed by atoms with E-state index in [-0.39, 0.29) is 12.0 Å². The van der Waals surface area contributed by atoms with Gasteiger partial charge >= 0.3 is 0 Å². The molecule has 110 valence electrons. The monoisotopic (exact) mass is 341 g/mol. The van der Waals surface area contributed by atoms with Crippen LogP contribution < -0.4 is 4.74 Å². The summed E-state index contributed by atoms with van der Waals surface area (Å²) in [6.07, 6.45) is 2.11. The predicted octanol–water partition coefficient (Wildman–Crippen LogP) is 2.71. The van der Waals surface area contributed by atoms with Crippen molar-refractivity contribution in [2.75, 3.05) is 32.1 Å². The lowest BCUT2D eigenvalue weighted by Crippen LogP contribution is -2.41. The van der Waals surface area contributed by atoms with Gasteiger partial charge in [0, 0.05) is 24.0 Å². The van der Waals surface area contributed by atoms with Crippen LogP contribution in [-0.4, -0.2) is 49.0 Å². The maximum absolute atomic E-state index is 12.4. The van der Waals surface area contributed by atoms with E-state index >= 15 is 0 Å². The number of hydrogen-bond acceptors (Lipinski definition) is 3. The third kappa shape index (κ3) is 3.96. The van der Waals surface area contributed by atoms with E-state index in [9.17, 15) is 4.79 Å². The standard InChI is InChI=1S/C15H20BrNO3/c1-19-13-4-2-12(3-5-13)15(18)17-9-6-14(7-10-17)20-11-8-16/h2-5,14H,6-11H2,1H3. The second-order valence-corrected chi connectivity index (χ2v) is 5.57. The van der Waals surface area contributed by atoms with Crippen molar-refractivity contribution in [3.8, 4) is 5.75 Å². The van der Waals surface area contributed by atoms with E-state index in [2.05, 4.69) is 15.9 Å². The van der Waals surface area contributed by atoms with Crippen LogP contribution in [0.1, 0.15) is 23.2 Å². The summed E-state index contributed by atoms with van der Waals surface area (Å²) < 4.78 is 10.8. The molecule has 5 heteroatoms. The topological polar surface area (TPSA) is 38.8 Å². The Kier molecular flexibility index (Phi) is 5.86. The number of carbonyl (C=O) groups is 1. The van der Waals surface area contributed by atoms with Crippen molar-refractivity contribution in [1.29, 1.82) is 0 Å². The van der Waals surface area contributed by atoms with Crippen molar-refractivity contribution >= 4 is 21.8 Å². The Hall–Kier alpha value is -1.07. The molecule has 0 aliphatic carbocycles. The van der Waals surface area contributed by atoms with Crippen LogP contribution in [-0.2, 0) is 4.74 Å². The molecule has 1 amide bonds. The third-order valence-electron chi connectivity index (χ3n) is 3.50. The average Bonchev–Trinajstić information content (AvgIpc) is 2.53. The summed E-state index contributed by atoms with van der Waals surface area (Å²) in [6.45, 7) is 2.26. The fourth-order valence-electron chi connectivity index (χ4n) is 2.35. The second kappa shape index (κ2) is 7.64. The van der Waals surface area contributed by atoms with Crippen molar-refractivity contribution < 1.29 is 14.3 Å². The minimum absolute atomic E-state index is 0.0894. The highest BCUT2D eigenvalue weighted by molar-refractivity contribution is 9.09. The van der Waals surface area contributed by atoms with E-state index in [1.54, 1.807) is 7.11 Å². The average molecular weight is 342 g/mol. The molecular formula is C15H20BrNO3. The number of piperidine rings is 1. The van der Waals surface area contributed by atoms with Crippen LogP contribution in [0.3, 0.4) is 0 Å². The molecule has 1 aromatic carbocycles.